The summed E-state index contributed by atoms with van der Waals surface area (Å²) in [5.74, 6) is -1.66. The summed E-state index contributed by atoms with van der Waals surface area (Å²) >= 11 is 0. The molecular weight excluding hydrogens is 452 g/mol. The number of carbonyl (C=O) groups is 2. The number of nitro groups is 2. The minimum atomic E-state index is -0.912. The van der Waals surface area contributed by atoms with E-state index in [1.807, 2.05) is 0 Å². The summed E-state index contributed by atoms with van der Waals surface area (Å²) in [6.45, 7) is 2.74. The fraction of sp³-hybridized carbons (Fsp3) is 0.333. The second-order valence-electron chi connectivity index (χ2n) is 7.28. The molecule has 34 heavy (non-hydrogen) atoms. The van der Waals surface area contributed by atoms with E-state index in [-0.39, 0.29) is 28.4 Å². The summed E-state index contributed by atoms with van der Waals surface area (Å²) in [6.07, 6.45) is 0. The van der Waals surface area contributed by atoms with Gasteiger partial charge in [0.25, 0.3) is 11.6 Å². The van der Waals surface area contributed by atoms with Crippen molar-refractivity contribution in [2.24, 2.45) is 0 Å². The highest BCUT2D eigenvalue weighted by atomic mass is 16.6. The Hall–Kier alpha value is -4.26. The molecule has 2 aromatic rings. The molecule has 0 radical (unpaired) electrons. The molecule has 1 N–H and O–H groups in total. The van der Waals surface area contributed by atoms with Crippen molar-refractivity contribution in [3.05, 3.63) is 61.7 Å². The van der Waals surface area contributed by atoms with Crippen molar-refractivity contribution in [1.29, 1.82) is 0 Å². The van der Waals surface area contributed by atoms with Crippen molar-refractivity contribution in [2.75, 3.05) is 50.2 Å². The summed E-state index contributed by atoms with van der Waals surface area (Å²) in [6, 6.07) is 6.50. The van der Waals surface area contributed by atoms with E-state index in [2.05, 4.69) is 5.32 Å². The van der Waals surface area contributed by atoms with Gasteiger partial charge in [-0.3, -0.25) is 25.0 Å². The van der Waals surface area contributed by atoms with Crippen molar-refractivity contribution < 1.29 is 33.6 Å². The molecule has 0 spiro atoms. The van der Waals surface area contributed by atoms with Crippen LogP contribution in [0.1, 0.15) is 15.9 Å². The molecule has 1 fully saturated rings. The topological polar surface area (TPSA) is 163 Å². The first-order chi connectivity index (χ1) is 16.2. The van der Waals surface area contributed by atoms with Crippen LogP contribution < -0.4 is 15.0 Å². The third-order valence-corrected chi connectivity index (χ3v) is 5.09. The molecule has 0 aromatic heterocycles. The standard InChI is InChI=1S/C21H22N4O9/c1-13-9-18(25(30)31)19(32-2)11-15(13)22-20(26)12-34-21(27)14-3-4-16(17(10-14)24(28)29)23-5-7-33-8-6-23/h3-4,9-11H,5-8,12H2,1-2H3,(H,22,26). The number of aryl methyl sites for hydroxylation is 1. The van der Waals surface area contributed by atoms with Crippen LogP contribution >= 0.6 is 0 Å². The van der Waals surface area contributed by atoms with Gasteiger partial charge in [0, 0.05) is 37.0 Å². The van der Waals surface area contributed by atoms with Gasteiger partial charge in [-0.15, -0.1) is 0 Å². The zero-order chi connectivity index (χ0) is 24.8. The van der Waals surface area contributed by atoms with Gasteiger partial charge in [0.1, 0.15) is 5.69 Å². The zero-order valence-electron chi connectivity index (χ0n) is 18.4. The van der Waals surface area contributed by atoms with Gasteiger partial charge in [0.05, 0.1) is 35.7 Å². The number of hydrogen-bond donors (Lipinski definition) is 1. The number of benzene rings is 2. The zero-order valence-corrected chi connectivity index (χ0v) is 18.4. The number of amides is 1. The summed E-state index contributed by atoms with van der Waals surface area (Å²) in [7, 11) is 1.26. The Bertz CT molecular complexity index is 1130. The summed E-state index contributed by atoms with van der Waals surface area (Å²) < 4.78 is 15.2. The van der Waals surface area contributed by atoms with Crippen LogP contribution in [0, 0.1) is 27.2 Å². The fourth-order valence-corrected chi connectivity index (χ4v) is 3.38. The van der Waals surface area contributed by atoms with Crippen LogP contribution in [0.15, 0.2) is 30.3 Å². The maximum Gasteiger partial charge on any atom is 0.338 e. The van der Waals surface area contributed by atoms with E-state index in [9.17, 15) is 29.8 Å². The number of ether oxygens (including phenoxy) is 3. The highest BCUT2D eigenvalue weighted by molar-refractivity contribution is 5.97. The number of nitrogens with one attached hydrogen (secondary N) is 1. The van der Waals surface area contributed by atoms with E-state index < -0.39 is 28.3 Å². The summed E-state index contributed by atoms with van der Waals surface area (Å²) in [5, 5.41) is 25.1. The maximum absolute atomic E-state index is 12.4. The van der Waals surface area contributed by atoms with Crippen LogP contribution in [-0.2, 0) is 14.3 Å². The molecule has 0 aliphatic carbocycles. The molecule has 2 aromatic carbocycles. The van der Waals surface area contributed by atoms with E-state index in [1.54, 1.807) is 11.8 Å². The molecule has 3 rings (SSSR count). The first-order valence-electron chi connectivity index (χ1n) is 10.1. The van der Waals surface area contributed by atoms with Gasteiger partial charge < -0.3 is 24.4 Å². The molecule has 1 saturated heterocycles. The molecule has 1 heterocycles. The summed E-state index contributed by atoms with van der Waals surface area (Å²) in [4.78, 5) is 47.9. The first-order valence-corrected chi connectivity index (χ1v) is 10.1. The highest BCUT2D eigenvalue weighted by Crippen LogP contribution is 2.33. The minimum absolute atomic E-state index is 0.0458. The molecule has 0 unspecified atom stereocenters. The first kappa shape index (κ1) is 24.4. The quantitative estimate of drug-likeness (QED) is 0.341. The van der Waals surface area contributed by atoms with Crippen molar-refractivity contribution in [3.8, 4) is 5.75 Å². The normalized spacial score (nSPS) is 13.2. The van der Waals surface area contributed by atoms with Gasteiger partial charge in [-0.25, -0.2) is 4.79 Å². The van der Waals surface area contributed by atoms with Crippen LogP contribution in [0.2, 0.25) is 0 Å². The highest BCUT2D eigenvalue weighted by Gasteiger charge is 2.24. The predicted molar refractivity (Wildman–Crippen MR) is 119 cm³/mol. The van der Waals surface area contributed by atoms with E-state index in [0.29, 0.717) is 37.6 Å². The number of methoxy groups -OCH3 is 1. The second-order valence-corrected chi connectivity index (χ2v) is 7.28. The molecule has 13 heteroatoms. The SMILES string of the molecule is COc1cc(NC(=O)COC(=O)c2ccc(N3CCOCC3)c([N+](=O)[O-])c2)c(C)cc1[N+](=O)[O-]. The molecule has 0 atom stereocenters. The number of nitrogens with zero attached hydrogens (tertiary/aromatic N) is 3. The lowest BCUT2D eigenvalue weighted by Crippen LogP contribution is -2.36. The van der Waals surface area contributed by atoms with Gasteiger partial charge >= 0.3 is 11.7 Å². The number of carbonyl (C=O) groups excluding carboxylic acids is 2. The third-order valence-electron chi connectivity index (χ3n) is 5.09. The van der Waals surface area contributed by atoms with Crippen LogP contribution in [-0.4, -0.2) is 61.7 Å². The molecular formula is C21H22N4O9. The van der Waals surface area contributed by atoms with Crippen molar-refractivity contribution in [3.63, 3.8) is 0 Å². The van der Waals surface area contributed by atoms with Crippen LogP contribution in [0.4, 0.5) is 22.7 Å². The predicted octanol–water partition coefficient (Wildman–Crippen LogP) is 2.45. The molecule has 1 aliphatic rings. The number of hydrogen-bond acceptors (Lipinski definition) is 10. The lowest BCUT2D eigenvalue weighted by molar-refractivity contribution is -0.385. The van der Waals surface area contributed by atoms with Gasteiger partial charge in [-0.1, -0.05) is 0 Å². The van der Waals surface area contributed by atoms with E-state index >= 15 is 0 Å². The lowest BCUT2D eigenvalue weighted by atomic mass is 10.1. The van der Waals surface area contributed by atoms with Gasteiger partial charge in [-0.05, 0) is 24.6 Å². The van der Waals surface area contributed by atoms with Crippen molar-refractivity contribution in [1.82, 2.24) is 0 Å². The van der Waals surface area contributed by atoms with Crippen molar-refractivity contribution >= 4 is 34.6 Å². The van der Waals surface area contributed by atoms with E-state index in [1.165, 1.54) is 31.4 Å². The van der Waals surface area contributed by atoms with Crippen LogP contribution in [0.3, 0.4) is 0 Å². The molecule has 180 valence electrons. The van der Waals surface area contributed by atoms with Crippen LogP contribution in [0.5, 0.6) is 5.75 Å². The third kappa shape index (κ3) is 5.56. The summed E-state index contributed by atoms with van der Waals surface area (Å²) in [5.41, 5.74) is 0.423. The van der Waals surface area contributed by atoms with Gasteiger partial charge in [-0.2, -0.15) is 0 Å². The Kier molecular flexibility index (Phi) is 7.58. The van der Waals surface area contributed by atoms with E-state index in [0.717, 1.165) is 6.07 Å². The largest absolute Gasteiger partial charge is 0.490 e. The molecule has 0 bridgehead atoms. The molecule has 1 amide bonds. The number of nitro benzene ring substituents is 2. The Morgan fingerprint density at radius 2 is 1.76 bits per heavy atom. The maximum atomic E-state index is 12.4. The number of anilines is 2. The van der Waals surface area contributed by atoms with Gasteiger partial charge in [0.15, 0.2) is 12.4 Å². The number of morpholine rings is 1. The number of rotatable bonds is 8. The smallest absolute Gasteiger partial charge is 0.338 e. The molecule has 1 aliphatic heterocycles. The Labute approximate surface area is 193 Å². The fourth-order valence-electron chi connectivity index (χ4n) is 3.38. The average molecular weight is 474 g/mol. The molecule has 13 nitrogen and oxygen atoms in total. The number of esters is 1. The average Bonchev–Trinajstić information content (AvgIpc) is 2.83. The second kappa shape index (κ2) is 10.6. The van der Waals surface area contributed by atoms with Crippen molar-refractivity contribution in [2.45, 2.75) is 6.92 Å². The molecule has 0 saturated carbocycles. The Morgan fingerprint density at radius 3 is 2.38 bits per heavy atom. The Balaban J connectivity index is 1.67. The van der Waals surface area contributed by atoms with E-state index in [4.69, 9.17) is 14.2 Å². The van der Waals surface area contributed by atoms with Gasteiger partial charge in [0.2, 0.25) is 0 Å². The monoisotopic (exact) mass is 474 g/mol. The lowest BCUT2D eigenvalue weighted by Gasteiger charge is -2.28. The van der Waals surface area contributed by atoms with Crippen LogP contribution in [0.25, 0.3) is 0 Å². The Morgan fingerprint density at radius 1 is 1.09 bits per heavy atom. The minimum Gasteiger partial charge on any atom is -0.490 e.